The molecule has 2 aromatic rings. The Morgan fingerprint density at radius 2 is 1.79 bits per heavy atom. The van der Waals surface area contributed by atoms with Gasteiger partial charge in [0.2, 0.25) is 10.0 Å². The number of amides is 1. The molecule has 2 aromatic carbocycles. The Morgan fingerprint density at radius 1 is 1.11 bits per heavy atom. The third-order valence-corrected chi connectivity index (χ3v) is 6.71. The average molecular weight is 403 g/mol. The second-order valence-corrected chi connectivity index (χ2v) is 8.83. The lowest BCUT2D eigenvalue weighted by Crippen LogP contribution is -2.40. The standard InChI is InChI=1S/C21H26N2O4S/c1-3-4-17-6-8-18(9-7-17)22-21(24)20-15-19(10-5-16(20)2)28(25,26)23-11-13-27-14-12-23/h5-10,15H,3-4,11-14H2,1-2H3,(H,22,24). The second kappa shape index (κ2) is 8.86. The van der Waals surface area contributed by atoms with Gasteiger partial charge in [0, 0.05) is 24.3 Å². The van der Waals surface area contributed by atoms with Crippen LogP contribution in [-0.2, 0) is 21.2 Å². The quantitative estimate of drug-likeness (QED) is 0.805. The fourth-order valence-electron chi connectivity index (χ4n) is 3.18. The molecule has 3 rings (SSSR count). The van der Waals surface area contributed by atoms with Crippen LogP contribution in [0, 0.1) is 6.92 Å². The Morgan fingerprint density at radius 3 is 2.43 bits per heavy atom. The summed E-state index contributed by atoms with van der Waals surface area (Å²) in [5, 5.41) is 2.86. The van der Waals surface area contributed by atoms with Gasteiger partial charge in [-0.1, -0.05) is 31.5 Å². The number of sulfonamides is 1. The van der Waals surface area contributed by atoms with Gasteiger partial charge in [0.25, 0.3) is 5.91 Å². The maximum atomic E-state index is 12.9. The minimum atomic E-state index is -3.65. The molecule has 150 valence electrons. The first kappa shape index (κ1) is 20.5. The van der Waals surface area contributed by atoms with Gasteiger partial charge in [0.1, 0.15) is 0 Å². The van der Waals surface area contributed by atoms with Crippen molar-refractivity contribution in [2.45, 2.75) is 31.6 Å². The van der Waals surface area contributed by atoms with E-state index >= 15 is 0 Å². The number of carbonyl (C=O) groups is 1. The first-order valence-electron chi connectivity index (χ1n) is 9.50. The zero-order chi connectivity index (χ0) is 20.1. The summed E-state index contributed by atoms with van der Waals surface area (Å²) in [6, 6.07) is 12.4. The topological polar surface area (TPSA) is 75.7 Å². The highest BCUT2D eigenvalue weighted by Gasteiger charge is 2.27. The number of hydrogen-bond acceptors (Lipinski definition) is 4. The van der Waals surface area contributed by atoms with Crippen LogP contribution >= 0.6 is 0 Å². The van der Waals surface area contributed by atoms with Gasteiger partial charge in [-0.25, -0.2) is 8.42 Å². The Bertz CT molecular complexity index is 933. The van der Waals surface area contributed by atoms with Crippen molar-refractivity contribution in [3.05, 3.63) is 59.2 Å². The van der Waals surface area contributed by atoms with Gasteiger partial charge in [-0.15, -0.1) is 0 Å². The molecule has 1 saturated heterocycles. The maximum Gasteiger partial charge on any atom is 0.255 e. The lowest BCUT2D eigenvalue weighted by Gasteiger charge is -2.26. The third kappa shape index (κ3) is 4.60. The molecule has 0 saturated carbocycles. The van der Waals surface area contributed by atoms with Gasteiger partial charge in [-0.3, -0.25) is 4.79 Å². The molecule has 1 amide bonds. The SMILES string of the molecule is CCCc1ccc(NC(=O)c2cc(S(=O)(=O)N3CCOCC3)ccc2C)cc1. The van der Waals surface area contributed by atoms with E-state index in [1.54, 1.807) is 19.1 Å². The smallest absolute Gasteiger partial charge is 0.255 e. The minimum absolute atomic E-state index is 0.128. The number of rotatable bonds is 6. The van der Waals surface area contributed by atoms with Gasteiger partial charge in [0.15, 0.2) is 0 Å². The number of ether oxygens (including phenoxy) is 1. The molecule has 6 nitrogen and oxygen atoms in total. The molecule has 0 radical (unpaired) electrons. The summed E-state index contributed by atoms with van der Waals surface area (Å²) in [5.74, 6) is -0.320. The summed E-state index contributed by atoms with van der Waals surface area (Å²) >= 11 is 0. The van der Waals surface area contributed by atoms with Crippen LogP contribution in [0.25, 0.3) is 0 Å². The second-order valence-electron chi connectivity index (χ2n) is 6.89. The molecule has 0 aliphatic carbocycles. The predicted octanol–water partition coefficient (Wildman–Crippen LogP) is 3.22. The molecule has 28 heavy (non-hydrogen) atoms. The summed E-state index contributed by atoms with van der Waals surface area (Å²) in [7, 11) is -3.65. The molecule has 0 unspecified atom stereocenters. The molecule has 0 bridgehead atoms. The van der Waals surface area contributed by atoms with E-state index in [9.17, 15) is 13.2 Å². The lowest BCUT2D eigenvalue weighted by molar-refractivity contribution is 0.0730. The molecule has 1 aliphatic rings. The predicted molar refractivity (Wildman–Crippen MR) is 109 cm³/mol. The van der Waals surface area contributed by atoms with E-state index in [0.717, 1.165) is 18.4 Å². The molecular formula is C21H26N2O4S. The number of nitrogens with one attached hydrogen (secondary N) is 1. The summed E-state index contributed by atoms with van der Waals surface area (Å²) in [6.07, 6.45) is 2.06. The molecule has 7 heteroatoms. The van der Waals surface area contributed by atoms with Crippen molar-refractivity contribution < 1.29 is 17.9 Å². The first-order valence-corrected chi connectivity index (χ1v) is 10.9. The van der Waals surface area contributed by atoms with Gasteiger partial charge in [0.05, 0.1) is 18.1 Å². The Labute approximate surface area is 166 Å². The molecule has 1 heterocycles. The number of carbonyl (C=O) groups excluding carboxylic acids is 1. The number of morpholine rings is 1. The van der Waals surface area contributed by atoms with Crippen LogP contribution in [0.1, 0.15) is 34.8 Å². The van der Waals surface area contributed by atoms with E-state index in [-0.39, 0.29) is 10.8 Å². The van der Waals surface area contributed by atoms with E-state index in [1.165, 1.54) is 15.9 Å². The Kier molecular flexibility index (Phi) is 6.49. The molecule has 1 N–H and O–H groups in total. The third-order valence-electron chi connectivity index (χ3n) is 4.81. The van der Waals surface area contributed by atoms with Crippen LogP contribution < -0.4 is 5.32 Å². The molecule has 0 atom stereocenters. The Hall–Kier alpha value is -2.22. The molecule has 0 spiro atoms. The summed E-state index contributed by atoms with van der Waals surface area (Å²) < 4.78 is 32.4. The van der Waals surface area contributed by atoms with Crippen molar-refractivity contribution in [1.29, 1.82) is 0 Å². The van der Waals surface area contributed by atoms with E-state index in [0.29, 0.717) is 37.6 Å². The summed E-state index contributed by atoms with van der Waals surface area (Å²) in [5.41, 5.74) is 2.98. The number of anilines is 1. The van der Waals surface area contributed by atoms with E-state index < -0.39 is 10.0 Å². The van der Waals surface area contributed by atoms with Gasteiger partial charge < -0.3 is 10.1 Å². The zero-order valence-electron chi connectivity index (χ0n) is 16.3. The van der Waals surface area contributed by atoms with Crippen LogP contribution in [-0.4, -0.2) is 44.9 Å². The van der Waals surface area contributed by atoms with Gasteiger partial charge in [-0.2, -0.15) is 4.31 Å². The van der Waals surface area contributed by atoms with Crippen molar-refractivity contribution in [3.8, 4) is 0 Å². The van der Waals surface area contributed by atoms with Crippen molar-refractivity contribution >= 4 is 21.6 Å². The lowest BCUT2D eigenvalue weighted by atomic mass is 10.1. The number of benzene rings is 2. The Balaban J connectivity index is 1.81. The van der Waals surface area contributed by atoms with Crippen LogP contribution in [0.4, 0.5) is 5.69 Å². The minimum Gasteiger partial charge on any atom is -0.379 e. The fraction of sp³-hybridized carbons (Fsp3) is 0.381. The first-order chi connectivity index (χ1) is 13.4. The highest BCUT2D eigenvalue weighted by molar-refractivity contribution is 7.89. The highest BCUT2D eigenvalue weighted by atomic mass is 32.2. The molecule has 1 fully saturated rings. The van der Waals surface area contributed by atoms with Gasteiger partial charge >= 0.3 is 0 Å². The van der Waals surface area contributed by atoms with Crippen LogP contribution in [0.2, 0.25) is 0 Å². The summed E-state index contributed by atoms with van der Waals surface area (Å²) in [6.45, 7) is 5.32. The van der Waals surface area contributed by atoms with Crippen molar-refractivity contribution in [2.24, 2.45) is 0 Å². The van der Waals surface area contributed by atoms with E-state index in [2.05, 4.69) is 12.2 Å². The highest BCUT2D eigenvalue weighted by Crippen LogP contribution is 2.22. The van der Waals surface area contributed by atoms with Crippen LogP contribution in [0.5, 0.6) is 0 Å². The largest absolute Gasteiger partial charge is 0.379 e. The number of hydrogen-bond donors (Lipinski definition) is 1. The summed E-state index contributed by atoms with van der Waals surface area (Å²) in [4.78, 5) is 12.9. The van der Waals surface area contributed by atoms with Crippen molar-refractivity contribution in [3.63, 3.8) is 0 Å². The number of nitrogens with zero attached hydrogens (tertiary/aromatic N) is 1. The zero-order valence-corrected chi connectivity index (χ0v) is 17.1. The fourth-order valence-corrected chi connectivity index (χ4v) is 4.62. The van der Waals surface area contributed by atoms with E-state index in [4.69, 9.17) is 4.74 Å². The average Bonchev–Trinajstić information content (AvgIpc) is 2.70. The molecule has 0 aromatic heterocycles. The van der Waals surface area contributed by atoms with E-state index in [1.807, 2.05) is 24.3 Å². The monoisotopic (exact) mass is 402 g/mol. The normalized spacial score (nSPS) is 15.4. The van der Waals surface area contributed by atoms with Crippen LogP contribution in [0.3, 0.4) is 0 Å². The van der Waals surface area contributed by atoms with Gasteiger partial charge in [-0.05, 0) is 48.7 Å². The van der Waals surface area contributed by atoms with Crippen molar-refractivity contribution in [2.75, 3.05) is 31.6 Å². The molecule has 1 aliphatic heterocycles. The van der Waals surface area contributed by atoms with Crippen LogP contribution in [0.15, 0.2) is 47.4 Å². The number of aryl methyl sites for hydroxylation is 2. The molecular weight excluding hydrogens is 376 g/mol. The maximum absolute atomic E-state index is 12.9. The van der Waals surface area contributed by atoms with Crippen molar-refractivity contribution in [1.82, 2.24) is 4.31 Å².